The van der Waals surface area contributed by atoms with Crippen LogP contribution in [0.1, 0.15) is 59.8 Å². The molecule has 4 aliphatic rings. The molecule has 36 heavy (non-hydrogen) atoms. The SMILES string of the molecule is CCC(=O)O[C@]1(C(=O)COS(C)(=O)=O)[C@@H](C)C[C@H]2[C@@H]3CCC4=CC(=O)C=C[C@]4(C)[C@@]3(F)[C@@H](O)C[C@@]21C. The van der Waals surface area contributed by atoms with Gasteiger partial charge >= 0.3 is 5.97 Å². The zero-order chi connectivity index (χ0) is 26.9. The summed E-state index contributed by atoms with van der Waals surface area (Å²) in [6.45, 7) is 5.94. The molecule has 0 aromatic heterocycles. The minimum Gasteiger partial charge on any atom is -0.450 e. The minimum absolute atomic E-state index is 0.0144. The van der Waals surface area contributed by atoms with Gasteiger partial charge < -0.3 is 9.84 Å². The van der Waals surface area contributed by atoms with Gasteiger partial charge in [0.15, 0.2) is 17.1 Å². The third kappa shape index (κ3) is 3.58. The Kier molecular flexibility index (Phi) is 6.45. The van der Waals surface area contributed by atoms with Crippen LogP contribution in [0.2, 0.25) is 0 Å². The van der Waals surface area contributed by atoms with Crippen LogP contribution in [0.5, 0.6) is 0 Å². The first kappa shape index (κ1) is 27.1. The second kappa shape index (κ2) is 8.56. The summed E-state index contributed by atoms with van der Waals surface area (Å²) in [5.74, 6) is -3.26. The van der Waals surface area contributed by atoms with Crippen molar-refractivity contribution < 1.29 is 41.2 Å². The van der Waals surface area contributed by atoms with Gasteiger partial charge in [0.25, 0.3) is 10.1 Å². The Balaban J connectivity index is 1.82. The summed E-state index contributed by atoms with van der Waals surface area (Å²) in [5, 5.41) is 11.5. The Morgan fingerprint density at radius 1 is 1.25 bits per heavy atom. The van der Waals surface area contributed by atoms with Crippen molar-refractivity contribution in [1.29, 1.82) is 0 Å². The highest BCUT2D eigenvalue weighted by molar-refractivity contribution is 7.86. The molecule has 0 radical (unpaired) electrons. The number of aliphatic hydroxyl groups is 1. The number of hydrogen-bond donors (Lipinski definition) is 1. The molecular weight excluding hydrogens is 491 g/mol. The van der Waals surface area contributed by atoms with Gasteiger partial charge in [-0.25, -0.2) is 4.39 Å². The summed E-state index contributed by atoms with van der Waals surface area (Å²) in [4.78, 5) is 38.3. The lowest BCUT2D eigenvalue weighted by molar-refractivity contribution is -0.228. The smallest absolute Gasteiger partial charge is 0.306 e. The van der Waals surface area contributed by atoms with E-state index >= 15 is 4.39 Å². The van der Waals surface area contributed by atoms with E-state index in [2.05, 4.69) is 0 Å². The summed E-state index contributed by atoms with van der Waals surface area (Å²) in [6.07, 6.45) is 4.61. The second-order valence-electron chi connectivity index (χ2n) is 11.4. The van der Waals surface area contributed by atoms with Crippen molar-refractivity contribution in [2.45, 2.75) is 77.2 Å². The molecule has 3 fully saturated rings. The molecule has 200 valence electrons. The maximum absolute atomic E-state index is 17.3. The van der Waals surface area contributed by atoms with E-state index in [0.717, 1.165) is 6.26 Å². The normalized spacial score (nSPS) is 43.8. The molecule has 0 aliphatic heterocycles. The summed E-state index contributed by atoms with van der Waals surface area (Å²) >= 11 is 0. The monoisotopic (exact) mass is 526 g/mol. The molecule has 4 aliphatic carbocycles. The van der Waals surface area contributed by atoms with Crippen molar-refractivity contribution in [2.75, 3.05) is 12.9 Å². The molecule has 3 saturated carbocycles. The molecule has 0 saturated heterocycles. The van der Waals surface area contributed by atoms with E-state index in [1.807, 2.05) is 0 Å². The summed E-state index contributed by atoms with van der Waals surface area (Å²) in [6, 6.07) is 0. The van der Waals surface area contributed by atoms with Crippen molar-refractivity contribution in [1.82, 2.24) is 0 Å². The Hall–Kier alpha value is -1.91. The lowest BCUT2D eigenvalue weighted by Crippen LogP contribution is -2.70. The lowest BCUT2D eigenvalue weighted by atomic mass is 9.44. The van der Waals surface area contributed by atoms with Gasteiger partial charge in [0.1, 0.15) is 6.61 Å². The largest absolute Gasteiger partial charge is 0.450 e. The number of rotatable bonds is 6. The van der Waals surface area contributed by atoms with Crippen molar-refractivity contribution in [3.63, 3.8) is 0 Å². The van der Waals surface area contributed by atoms with Crippen molar-refractivity contribution in [3.05, 3.63) is 23.8 Å². The Morgan fingerprint density at radius 2 is 1.92 bits per heavy atom. The zero-order valence-electron chi connectivity index (χ0n) is 21.4. The quantitative estimate of drug-likeness (QED) is 0.414. The van der Waals surface area contributed by atoms with Crippen LogP contribution in [-0.2, 0) is 33.4 Å². The number of allylic oxidation sites excluding steroid dienone is 4. The average molecular weight is 527 g/mol. The number of hydrogen-bond acceptors (Lipinski definition) is 8. The van der Waals surface area contributed by atoms with Gasteiger partial charge in [-0.05, 0) is 50.7 Å². The van der Waals surface area contributed by atoms with Crippen molar-refractivity contribution in [3.8, 4) is 0 Å². The van der Waals surface area contributed by atoms with Crippen LogP contribution in [0.15, 0.2) is 23.8 Å². The molecule has 1 N–H and O–H groups in total. The maximum atomic E-state index is 17.3. The fraction of sp³-hybridized carbons (Fsp3) is 0.731. The third-order valence-electron chi connectivity index (χ3n) is 9.56. The molecule has 4 rings (SSSR count). The van der Waals surface area contributed by atoms with Crippen LogP contribution in [0, 0.1) is 28.6 Å². The highest BCUT2D eigenvalue weighted by Gasteiger charge is 2.77. The fourth-order valence-electron chi connectivity index (χ4n) is 7.92. The van der Waals surface area contributed by atoms with E-state index < -0.39 is 74.4 Å². The van der Waals surface area contributed by atoms with Crippen LogP contribution < -0.4 is 0 Å². The molecule has 0 aromatic carbocycles. The molecule has 0 aromatic rings. The van der Waals surface area contributed by atoms with Gasteiger partial charge in [-0.3, -0.25) is 18.6 Å². The molecule has 0 heterocycles. The van der Waals surface area contributed by atoms with Crippen LogP contribution >= 0.6 is 0 Å². The number of halogens is 1. The number of Topliss-reactive ketones (excluding diaryl/α,β-unsaturated/α-hetero) is 1. The number of aliphatic hydroxyl groups excluding tert-OH is 1. The number of ether oxygens (including phenoxy) is 1. The van der Waals surface area contributed by atoms with E-state index in [-0.39, 0.29) is 18.6 Å². The summed E-state index contributed by atoms with van der Waals surface area (Å²) in [5.41, 5.74) is -5.60. The van der Waals surface area contributed by atoms with Crippen molar-refractivity contribution in [2.24, 2.45) is 28.6 Å². The number of carbonyl (C=O) groups excluding carboxylic acids is 3. The van der Waals surface area contributed by atoms with Gasteiger partial charge in [-0.1, -0.05) is 32.4 Å². The molecule has 8 atom stereocenters. The Bertz CT molecular complexity index is 1160. The van der Waals surface area contributed by atoms with E-state index in [1.54, 1.807) is 33.8 Å². The molecular formula is C26H35FO8S. The van der Waals surface area contributed by atoms with Crippen LogP contribution in [0.25, 0.3) is 0 Å². The fourth-order valence-corrected chi connectivity index (χ4v) is 8.24. The predicted molar refractivity (Wildman–Crippen MR) is 128 cm³/mol. The van der Waals surface area contributed by atoms with E-state index in [0.29, 0.717) is 24.8 Å². The first-order valence-electron chi connectivity index (χ1n) is 12.5. The number of ketones is 2. The third-order valence-corrected chi connectivity index (χ3v) is 10.1. The molecule has 0 spiro atoms. The van der Waals surface area contributed by atoms with Crippen LogP contribution in [-0.4, -0.2) is 61.3 Å². The zero-order valence-corrected chi connectivity index (χ0v) is 22.2. The predicted octanol–water partition coefficient (Wildman–Crippen LogP) is 2.84. The molecule has 0 unspecified atom stereocenters. The molecule has 0 bridgehead atoms. The van der Waals surface area contributed by atoms with Crippen molar-refractivity contribution >= 4 is 27.7 Å². The average Bonchev–Trinajstić information content (AvgIpc) is 3.00. The number of carbonyl (C=O) groups is 3. The van der Waals surface area contributed by atoms with Crippen LogP contribution in [0.4, 0.5) is 4.39 Å². The topological polar surface area (TPSA) is 124 Å². The first-order valence-corrected chi connectivity index (χ1v) is 14.3. The Morgan fingerprint density at radius 3 is 2.53 bits per heavy atom. The molecule has 8 nitrogen and oxygen atoms in total. The van der Waals surface area contributed by atoms with Gasteiger partial charge in [0.2, 0.25) is 5.78 Å². The van der Waals surface area contributed by atoms with E-state index in [1.165, 1.54) is 12.2 Å². The Labute approximate surface area is 211 Å². The second-order valence-corrected chi connectivity index (χ2v) is 13.0. The van der Waals surface area contributed by atoms with E-state index in [4.69, 9.17) is 8.92 Å². The number of esters is 1. The van der Waals surface area contributed by atoms with Gasteiger partial charge in [-0.15, -0.1) is 0 Å². The van der Waals surface area contributed by atoms with Crippen LogP contribution in [0.3, 0.4) is 0 Å². The van der Waals surface area contributed by atoms with Gasteiger partial charge in [0, 0.05) is 29.1 Å². The lowest BCUT2D eigenvalue weighted by Gasteiger charge is -2.62. The summed E-state index contributed by atoms with van der Waals surface area (Å²) in [7, 11) is -3.95. The maximum Gasteiger partial charge on any atom is 0.306 e. The van der Waals surface area contributed by atoms with Gasteiger partial charge in [0.05, 0.1) is 12.4 Å². The summed E-state index contributed by atoms with van der Waals surface area (Å²) < 4.78 is 51.3. The highest BCUT2D eigenvalue weighted by atomic mass is 32.2. The standard InChI is InChI=1S/C26H35FO8S/c1-6-22(31)35-26(21(30)14-34-36(5,32)33)15(2)11-19-18-8-7-16-12-17(28)9-10-23(16,3)25(18,27)20(29)13-24(19,26)4/h9-10,12,15,18-20,29H,6-8,11,13-14H2,1-5H3/t15-,18-,19-,20-,23-,24-,25-,26-/m0/s1. The highest BCUT2D eigenvalue weighted by Crippen LogP contribution is 2.71. The number of fused-ring (bicyclic) bond motifs is 5. The minimum atomic E-state index is -3.95. The molecule has 0 amide bonds. The number of alkyl halides is 1. The molecule has 10 heteroatoms. The van der Waals surface area contributed by atoms with E-state index in [9.17, 15) is 27.9 Å². The first-order chi connectivity index (χ1) is 16.6. The van der Waals surface area contributed by atoms with Gasteiger partial charge in [-0.2, -0.15) is 8.42 Å².